The van der Waals surface area contributed by atoms with Crippen LogP contribution in [0.5, 0.6) is 5.75 Å². The number of aromatic hydroxyl groups is 1. The lowest BCUT2D eigenvalue weighted by Crippen LogP contribution is -2.23. The Bertz CT molecular complexity index is 588. The quantitative estimate of drug-likeness (QED) is 0.434. The van der Waals surface area contributed by atoms with Crippen molar-refractivity contribution in [3.8, 4) is 5.75 Å². The van der Waals surface area contributed by atoms with Crippen molar-refractivity contribution < 1.29 is 14.6 Å². The third-order valence-electron chi connectivity index (χ3n) is 6.71. The Labute approximate surface area is 178 Å². The van der Waals surface area contributed by atoms with E-state index in [1.165, 1.54) is 51.4 Å². The van der Waals surface area contributed by atoms with Crippen molar-refractivity contribution in [2.75, 3.05) is 0 Å². The summed E-state index contributed by atoms with van der Waals surface area (Å²) < 4.78 is 13.3. The average molecular weight is 403 g/mol. The van der Waals surface area contributed by atoms with Gasteiger partial charge < -0.3 is 14.6 Å². The van der Waals surface area contributed by atoms with Gasteiger partial charge in [-0.15, -0.1) is 0 Å². The largest absolute Gasteiger partial charge is 0.508 e. The van der Waals surface area contributed by atoms with Crippen LogP contribution in [-0.2, 0) is 9.47 Å². The van der Waals surface area contributed by atoms with Crippen LogP contribution in [0.15, 0.2) is 18.2 Å². The molecule has 2 aliphatic carbocycles. The van der Waals surface area contributed by atoms with Crippen LogP contribution in [0.25, 0.3) is 0 Å². The SMILES string of the molecule is CCCC(OC1CCCCC1)c1cccc(O)c1C(CCC)OC1CCCCC1. The maximum Gasteiger partial charge on any atom is 0.121 e. The lowest BCUT2D eigenvalue weighted by atomic mass is 9.91. The van der Waals surface area contributed by atoms with E-state index in [-0.39, 0.29) is 12.2 Å². The van der Waals surface area contributed by atoms with Crippen molar-refractivity contribution >= 4 is 0 Å². The lowest BCUT2D eigenvalue weighted by molar-refractivity contribution is -0.0483. The summed E-state index contributed by atoms with van der Waals surface area (Å²) in [6.07, 6.45) is 17.2. The fraction of sp³-hybridized carbons (Fsp3) is 0.769. The van der Waals surface area contributed by atoms with Gasteiger partial charge in [0, 0.05) is 5.56 Å². The number of hydrogen-bond acceptors (Lipinski definition) is 3. The van der Waals surface area contributed by atoms with Gasteiger partial charge in [-0.2, -0.15) is 0 Å². The zero-order valence-corrected chi connectivity index (χ0v) is 18.7. The summed E-state index contributed by atoms with van der Waals surface area (Å²) in [6, 6.07) is 5.98. The Morgan fingerprint density at radius 3 is 1.86 bits per heavy atom. The molecule has 1 N–H and O–H groups in total. The molecular formula is C26H42O3. The molecule has 2 saturated carbocycles. The Kier molecular flexibility index (Phi) is 9.33. The van der Waals surface area contributed by atoms with E-state index >= 15 is 0 Å². The van der Waals surface area contributed by atoms with E-state index < -0.39 is 0 Å². The van der Waals surface area contributed by atoms with Crippen LogP contribution in [0, 0.1) is 0 Å². The Morgan fingerprint density at radius 1 is 0.793 bits per heavy atom. The van der Waals surface area contributed by atoms with Crippen molar-refractivity contribution in [3.63, 3.8) is 0 Å². The molecular weight excluding hydrogens is 360 g/mol. The number of benzene rings is 1. The minimum Gasteiger partial charge on any atom is -0.508 e. The minimum absolute atomic E-state index is 0.0337. The van der Waals surface area contributed by atoms with E-state index in [1.807, 2.05) is 12.1 Å². The second-order valence-electron chi connectivity index (χ2n) is 9.13. The molecule has 0 radical (unpaired) electrons. The number of phenolic OH excluding ortho intramolecular Hbond substituents is 1. The predicted molar refractivity (Wildman–Crippen MR) is 119 cm³/mol. The highest BCUT2D eigenvalue weighted by Gasteiger charge is 2.29. The molecule has 2 unspecified atom stereocenters. The molecule has 0 saturated heterocycles. The Hall–Kier alpha value is -1.06. The molecule has 0 amide bonds. The van der Waals surface area contributed by atoms with Gasteiger partial charge in [0.2, 0.25) is 0 Å². The Morgan fingerprint density at radius 2 is 1.31 bits per heavy atom. The molecule has 29 heavy (non-hydrogen) atoms. The number of hydrogen-bond donors (Lipinski definition) is 1. The van der Waals surface area contributed by atoms with Gasteiger partial charge in [-0.1, -0.05) is 77.3 Å². The molecule has 0 spiro atoms. The summed E-state index contributed by atoms with van der Waals surface area (Å²) in [6.45, 7) is 4.43. The molecule has 2 aliphatic rings. The van der Waals surface area contributed by atoms with Gasteiger partial charge in [0.25, 0.3) is 0 Å². The smallest absolute Gasteiger partial charge is 0.121 e. The van der Waals surface area contributed by atoms with Crippen LogP contribution in [0.1, 0.15) is 127 Å². The first-order chi connectivity index (χ1) is 14.2. The van der Waals surface area contributed by atoms with Crippen molar-refractivity contribution in [2.24, 2.45) is 0 Å². The average Bonchev–Trinajstić information content (AvgIpc) is 2.74. The topological polar surface area (TPSA) is 38.7 Å². The molecule has 1 aromatic carbocycles. The monoisotopic (exact) mass is 402 g/mol. The first kappa shape index (κ1) is 22.6. The molecule has 0 aliphatic heterocycles. The zero-order chi connectivity index (χ0) is 20.5. The van der Waals surface area contributed by atoms with Gasteiger partial charge in [0.1, 0.15) is 5.75 Å². The van der Waals surface area contributed by atoms with E-state index in [2.05, 4.69) is 19.9 Å². The highest BCUT2D eigenvalue weighted by Crippen LogP contribution is 2.41. The van der Waals surface area contributed by atoms with E-state index in [0.29, 0.717) is 18.0 Å². The summed E-state index contributed by atoms with van der Waals surface area (Å²) in [5.74, 6) is 0.380. The minimum atomic E-state index is -0.0337. The Balaban J connectivity index is 1.85. The molecule has 2 fully saturated rings. The van der Waals surface area contributed by atoms with Crippen molar-refractivity contribution in [2.45, 2.75) is 128 Å². The van der Waals surface area contributed by atoms with Gasteiger partial charge in [-0.05, 0) is 50.2 Å². The maximum absolute atomic E-state index is 10.9. The van der Waals surface area contributed by atoms with Crippen molar-refractivity contribution in [1.29, 1.82) is 0 Å². The normalized spacial score (nSPS) is 21.2. The van der Waals surface area contributed by atoms with Crippen LogP contribution >= 0.6 is 0 Å². The van der Waals surface area contributed by atoms with Gasteiger partial charge >= 0.3 is 0 Å². The number of phenols is 1. The summed E-state index contributed by atoms with van der Waals surface area (Å²) in [7, 11) is 0. The first-order valence-electron chi connectivity index (χ1n) is 12.4. The van der Waals surface area contributed by atoms with Crippen molar-refractivity contribution in [1.82, 2.24) is 0 Å². The standard InChI is InChI=1S/C26H42O3/c1-3-12-24(28-20-14-7-5-8-15-20)22-18-11-19-23(27)26(22)25(13-4-2)29-21-16-9-6-10-17-21/h11,18-21,24-25,27H,3-10,12-17H2,1-2H3. The molecule has 3 nitrogen and oxygen atoms in total. The highest BCUT2D eigenvalue weighted by molar-refractivity contribution is 5.42. The molecule has 0 aromatic heterocycles. The molecule has 0 heterocycles. The zero-order valence-electron chi connectivity index (χ0n) is 18.7. The summed E-state index contributed by atoms with van der Waals surface area (Å²) >= 11 is 0. The van der Waals surface area contributed by atoms with Crippen LogP contribution in [-0.4, -0.2) is 17.3 Å². The predicted octanol–water partition coefficient (Wildman–Crippen LogP) is 7.77. The molecule has 3 heteroatoms. The highest BCUT2D eigenvalue weighted by atomic mass is 16.5. The van der Waals surface area contributed by atoms with E-state index in [9.17, 15) is 5.11 Å². The molecule has 1 aromatic rings. The van der Waals surface area contributed by atoms with Crippen LogP contribution in [0.3, 0.4) is 0 Å². The van der Waals surface area contributed by atoms with Gasteiger partial charge in [0.15, 0.2) is 0 Å². The summed E-state index contributed by atoms with van der Waals surface area (Å²) in [4.78, 5) is 0. The van der Waals surface area contributed by atoms with E-state index in [1.54, 1.807) is 0 Å². The second-order valence-corrected chi connectivity index (χ2v) is 9.13. The van der Waals surface area contributed by atoms with Gasteiger partial charge in [-0.3, -0.25) is 0 Å². The second kappa shape index (κ2) is 12.0. The number of rotatable bonds is 10. The van der Waals surface area contributed by atoms with Crippen molar-refractivity contribution in [3.05, 3.63) is 29.3 Å². The summed E-state index contributed by atoms with van der Waals surface area (Å²) in [5, 5.41) is 10.9. The van der Waals surface area contributed by atoms with Gasteiger partial charge in [-0.25, -0.2) is 0 Å². The van der Waals surface area contributed by atoms with Crippen LogP contribution in [0.2, 0.25) is 0 Å². The van der Waals surface area contributed by atoms with E-state index in [0.717, 1.165) is 49.7 Å². The maximum atomic E-state index is 10.9. The first-order valence-corrected chi connectivity index (χ1v) is 12.4. The fourth-order valence-corrected chi connectivity index (χ4v) is 5.17. The molecule has 2 atom stereocenters. The molecule has 3 rings (SSSR count). The lowest BCUT2D eigenvalue weighted by Gasteiger charge is -2.33. The van der Waals surface area contributed by atoms with Crippen LogP contribution < -0.4 is 0 Å². The third-order valence-corrected chi connectivity index (χ3v) is 6.71. The fourth-order valence-electron chi connectivity index (χ4n) is 5.17. The van der Waals surface area contributed by atoms with Gasteiger partial charge in [0.05, 0.1) is 24.4 Å². The third kappa shape index (κ3) is 6.46. The molecule has 164 valence electrons. The van der Waals surface area contributed by atoms with Crippen LogP contribution in [0.4, 0.5) is 0 Å². The molecule has 0 bridgehead atoms. The number of ether oxygens (including phenoxy) is 2. The van der Waals surface area contributed by atoms with E-state index in [4.69, 9.17) is 9.47 Å². The summed E-state index contributed by atoms with van der Waals surface area (Å²) in [5.41, 5.74) is 2.15.